The van der Waals surface area contributed by atoms with Crippen LogP contribution >= 0.6 is 0 Å². The average molecular weight is 942 g/mol. The van der Waals surface area contributed by atoms with Crippen LogP contribution in [0.1, 0.15) is 130 Å². The van der Waals surface area contributed by atoms with E-state index in [2.05, 4.69) is 281 Å². The fraction of sp³-hybridized carbons (Fsp3) is 0.294. The molecule has 0 bridgehead atoms. The molecule has 3 nitrogen and oxygen atoms in total. The van der Waals surface area contributed by atoms with E-state index in [0.717, 1.165) is 23.5 Å². The van der Waals surface area contributed by atoms with Gasteiger partial charge >= 0.3 is 0 Å². The SMILES string of the molecule is Cc1cc(C(C)(C)C)ccc1N1c2cc3c(cc2B2c4cc(N(c5ccccc5)c5ccccc5)ccc4N(c4ccc(C(C)(C)C)cc4-c4ccccc4)c4cc(C(C)(C)C)cc1c42)C(C)(C)CC3(C)C. The van der Waals surface area contributed by atoms with Gasteiger partial charge in [0.05, 0.1) is 5.69 Å². The number of fused-ring (bicyclic) bond motifs is 5. The molecule has 0 atom stereocenters. The number of rotatable bonds is 6. The van der Waals surface area contributed by atoms with E-state index in [1.54, 1.807) is 0 Å². The van der Waals surface area contributed by atoms with Crippen molar-refractivity contribution in [3.05, 3.63) is 203 Å². The summed E-state index contributed by atoms with van der Waals surface area (Å²) in [6.45, 7) is 33.2. The van der Waals surface area contributed by atoms with Gasteiger partial charge in [0.2, 0.25) is 0 Å². The summed E-state index contributed by atoms with van der Waals surface area (Å²) in [6, 6.07) is 65.1. The van der Waals surface area contributed by atoms with Crippen molar-refractivity contribution in [2.45, 2.75) is 130 Å². The second kappa shape index (κ2) is 16.6. The van der Waals surface area contributed by atoms with Crippen LogP contribution in [0, 0.1) is 6.92 Å². The lowest BCUT2D eigenvalue weighted by Crippen LogP contribution is -2.61. The fourth-order valence-electron chi connectivity index (χ4n) is 12.6. The van der Waals surface area contributed by atoms with Crippen LogP contribution in [0.3, 0.4) is 0 Å². The third kappa shape index (κ3) is 7.88. The molecule has 0 fully saturated rings. The van der Waals surface area contributed by atoms with Crippen LogP contribution in [0.25, 0.3) is 11.1 Å². The van der Waals surface area contributed by atoms with E-state index < -0.39 is 0 Å². The molecule has 8 aromatic rings. The van der Waals surface area contributed by atoms with Crippen LogP contribution in [0.2, 0.25) is 0 Å². The zero-order valence-corrected chi connectivity index (χ0v) is 45.3. The first-order valence-corrected chi connectivity index (χ1v) is 26.3. The van der Waals surface area contributed by atoms with Crippen molar-refractivity contribution in [2.75, 3.05) is 14.7 Å². The van der Waals surface area contributed by atoms with Gasteiger partial charge in [-0.2, -0.15) is 0 Å². The zero-order valence-electron chi connectivity index (χ0n) is 45.3. The van der Waals surface area contributed by atoms with Crippen molar-refractivity contribution >= 4 is 74.3 Å². The van der Waals surface area contributed by atoms with Crippen molar-refractivity contribution in [3.8, 4) is 11.1 Å². The molecule has 0 unspecified atom stereocenters. The molecule has 4 heteroatoms. The van der Waals surface area contributed by atoms with Crippen molar-refractivity contribution in [3.63, 3.8) is 0 Å². The molecule has 0 N–H and O–H groups in total. The topological polar surface area (TPSA) is 9.72 Å². The van der Waals surface area contributed by atoms with Crippen LogP contribution < -0.4 is 31.1 Å². The van der Waals surface area contributed by atoms with Crippen molar-refractivity contribution in [1.29, 1.82) is 0 Å². The summed E-state index contributed by atoms with van der Waals surface area (Å²) in [5.41, 5.74) is 25.3. The van der Waals surface area contributed by atoms with Gasteiger partial charge in [-0.3, -0.25) is 0 Å². The lowest BCUT2D eigenvalue weighted by Gasteiger charge is -2.46. The molecule has 0 spiro atoms. The Bertz CT molecular complexity index is 3360. The number of nitrogens with zero attached hydrogens (tertiary/aromatic N) is 3. The number of aryl methyl sites for hydroxylation is 1. The van der Waals surface area contributed by atoms with E-state index in [9.17, 15) is 0 Å². The second-order valence-electron chi connectivity index (χ2n) is 25.5. The predicted molar refractivity (Wildman–Crippen MR) is 312 cm³/mol. The van der Waals surface area contributed by atoms with Gasteiger partial charge in [0.1, 0.15) is 0 Å². The van der Waals surface area contributed by atoms with E-state index in [0.29, 0.717) is 0 Å². The normalized spacial score (nSPS) is 15.4. The Morgan fingerprint density at radius 3 is 1.43 bits per heavy atom. The van der Waals surface area contributed by atoms with Crippen LogP contribution in [0.5, 0.6) is 0 Å². The predicted octanol–water partition coefficient (Wildman–Crippen LogP) is 17.1. The summed E-state index contributed by atoms with van der Waals surface area (Å²) in [6.07, 6.45) is 1.10. The molecule has 3 aliphatic rings. The molecule has 0 saturated heterocycles. The molecular formula is C68H72BN3. The van der Waals surface area contributed by atoms with Gasteiger partial charge in [-0.25, -0.2) is 0 Å². The highest BCUT2D eigenvalue weighted by atomic mass is 15.2. The second-order valence-corrected chi connectivity index (χ2v) is 25.5. The maximum atomic E-state index is 2.68. The first-order valence-electron chi connectivity index (χ1n) is 26.3. The van der Waals surface area contributed by atoms with Crippen LogP contribution in [0.4, 0.5) is 51.2 Å². The van der Waals surface area contributed by atoms with E-state index >= 15 is 0 Å². The molecule has 2 heterocycles. The number of hydrogen-bond acceptors (Lipinski definition) is 3. The van der Waals surface area contributed by atoms with Crippen molar-refractivity contribution in [2.24, 2.45) is 0 Å². The van der Waals surface area contributed by atoms with Gasteiger partial charge in [0.15, 0.2) is 0 Å². The Labute approximate surface area is 431 Å². The summed E-state index contributed by atoms with van der Waals surface area (Å²) in [4.78, 5) is 7.76. The largest absolute Gasteiger partial charge is 0.311 e. The van der Waals surface area contributed by atoms with Gasteiger partial charge < -0.3 is 14.7 Å². The van der Waals surface area contributed by atoms with E-state index in [1.807, 2.05) is 0 Å². The van der Waals surface area contributed by atoms with Gasteiger partial charge in [0, 0.05) is 51.1 Å². The van der Waals surface area contributed by atoms with E-state index in [1.165, 1.54) is 95.0 Å². The maximum absolute atomic E-state index is 2.68. The Kier molecular flexibility index (Phi) is 11.0. The third-order valence-electron chi connectivity index (χ3n) is 16.2. The molecule has 2 aliphatic heterocycles. The van der Waals surface area contributed by atoms with Gasteiger partial charge in [-0.1, -0.05) is 181 Å². The number of para-hydroxylation sites is 2. The van der Waals surface area contributed by atoms with Gasteiger partial charge in [-0.05, 0) is 175 Å². The molecular weight excluding hydrogens is 870 g/mol. The fourth-order valence-corrected chi connectivity index (χ4v) is 12.6. The van der Waals surface area contributed by atoms with E-state index in [4.69, 9.17) is 0 Å². The van der Waals surface area contributed by atoms with Gasteiger partial charge in [-0.15, -0.1) is 0 Å². The summed E-state index contributed by atoms with van der Waals surface area (Å²) in [5, 5.41) is 0. The summed E-state index contributed by atoms with van der Waals surface area (Å²) >= 11 is 0. The molecule has 0 saturated carbocycles. The van der Waals surface area contributed by atoms with Crippen molar-refractivity contribution in [1.82, 2.24) is 0 Å². The number of anilines is 9. The lowest BCUT2D eigenvalue weighted by atomic mass is 9.33. The zero-order chi connectivity index (χ0) is 50.9. The molecule has 0 amide bonds. The molecule has 0 aromatic heterocycles. The smallest absolute Gasteiger partial charge is 0.252 e. The minimum Gasteiger partial charge on any atom is -0.311 e. The third-order valence-corrected chi connectivity index (χ3v) is 16.2. The molecule has 362 valence electrons. The minimum absolute atomic E-state index is 0.00432. The average Bonchev–Trinajstić information content (AvgIpc) is 3.52. The highest BCUT2D eigenvalue weighted by Crippen LogP contribution is 2.54. The molecule has 0 radical (unpaired) electrons. The highest BCUT2D eigenvalue weighted by Gasteiger charge is 2.49. The summed E-state index contributed by atoms with van der Waals surface area (Å²) in [7, 11) is 0. The quantitative estimate of drug-likeness (QED) is 0.154. The lowest BCUT2D eigenvalue weighted by molar-refractivity contribution is 0.403. The Morgan fingerprint density at radius 1 is 0.417 bits per heavy atom. The molecule has 72 heavy (non-hydrogen) atoms. The number of hydrogen-bond donors (Lipinski definition) is 0. The first-order chi connectivity index (χ1) is 34.0. The monoisotopic (exact) mass is 942 g/mol. The standard InChI is InChI=1S/C68H72BN3/c1-44-36-46(64(2,3)4)30-33-57(44)71-60-42-54-53(67(11,12)43-68(54,13)14)41-56(60)69-55-40-51(70(49-26-20-16-21-27-49)50-28-22-17-23-29-50)32-35-59(55)72(62-39-48(66(8,9)10)38-61(71)63(62)69)58-34-31-47(65(5,6)7)37-52(58)45-24-18-15-19-25-45/h15-42H,43H2,1-14H3. The Balaban J connectivity index is 1.30. The van der Waals surface area contributed by atoms with E-state index in [-0.39, 0.29) is 33.8 Å². The Hall–Kier alpha value is -6.78. The first kappa shape index (κ1) is 47.5. The summed E-state index contributed by atoms with van der Waals surface area (Å²) < 4.78 is 0. The number of benzene rings is 8. The van der Waals surface area contributed by atoms with Crippen LogP contribution in [-0.4, -0.2) is 6.71 Å². The van der Waals surface area contributed by atoms with Crippen LogP contribution in [0.15, 0.2) is 170 Å². The summed E-state index contributed by atoms with van der Waals surface area (Å²) in [5.74, 6) is 0. The molecule has 1 aliphatic carbocycles. The molecule has 8 aromatic carbocycles. The Morgan fingerprint density at radius 2 is 0.889 bits per heavy atom. The maximum Gasteiger partial charge on any atom is 0.252 e. The molecule has 11 rings (SSSR count). The van der Waals surface area contributed by atoms with Crippen molar-refractivity contribution < 1.29 is 0 Å². The minimum atomic E-state index is -0.151. The van der Waals surface area contributed by atoms with Crippen LogP contribution in [-0.2, 0) is 27.1 Å². The highest BCUT2D eigenvalue weighted by molar-refractivity contribution is 7.00. The van der Waals surface area contributed by atoms with Gasteiger partial charge in [0.25, 0.3) is 6.71 Å².